The monoisotopic (exact) mass is 464 g/mol. The molecule has 7 nitrogen and oxygen atoms in total. The van der Waals surface area contributed by atoms with Crippen LogP contribution >= 0.6 is 0 Å². The third-order valence-electron chi connectivity index (χ3n) is 6.84. The van der Waals surface area contributed by atoms with Crippen molar-refractivity contribution in [2.75, 3.05) is 13.2 Å². The number of carbonyl (C=O) groups excluding carboxylic acids is 2. The van der Waals surface area contributed by atoms with Gasteiger partial charge in [0.25, 0.3) is 0 Å². The number of benzene rings is 2. The number of alkyl carbamates (subject to hydrolysis) is 1. The van der Waals surface area contributed by atoms with Crippen molar-refractivity contribution in [2.24, 2.45) is 11.3 Å². The number of aliphatic carboxylic acids is 1. The molecule has 2 aromatic carbocycles. The van der Waals surface area contributed by atoms with Gasteiger partial charge in [0.1, 0.15) is 6.61 Å². The van der Waals surface area contributed by atoms with Crippen LogP contribution in [0.4, 0.5) is 4.79 Å². The van der Waals surface area contributed by atoms with E-state index in [0.29, 0.717) is 25.8 Å². The minimum atomic E-state index is -0.802. The molecule has 0 aliphatic heterocycles. The lowest BCUT2D eigenvalue weighted by atomic mass is 9.89. The lowest BCUT2D eigenvalue weighted by Crippen LogP contribution is -2.40. The zero-order valence-corrected chi connectivity index (χ0v) is 19.7. The van der Waals surface area contributed by atoms with E-state index in [0.717, 1.165) is 11.1 Å². The van der Waals surface area contributed by atoms with Crippen molar-refractivity contribution in [1.29, 1.82) is 0 Å². The Morgan fingerprint density at radius 3 is 2.21 bits per heavy atom. The van der Waals surface area contributed by atoms with Gasteiger partial charge in [0.05, 0.1) is 5.92 Å². The minimum absolute atomic E-state index is 0.00187. The van der Waals surface area contributed by atoms with Crippen LogP contribution in [0.3, 0.4) is 0 Å². The fraction of sp³-hybridized carbons (Fsp3) is 0.444. The van der Waals surface area contributed by atoms with Crippen LogP contribution in [0.2, 0.25) is 0 Å². The first kappa shape index (κ1) is 23.8. The van der Waals surface area contributed by atoms with E-state index in [4.69, 9.17) is 9.84 Å². The summed E-state index contributed by atoms with van der Waals surface area (Å²) in [6, 6.07) is 16.3. The van der Waals surface area contributed by atoms with E-state index in [2.05, 4.69) is 34.9 Å². The second-order valence-electron chi connectivity index (χ2n) is 10.1. The quantitative estimate of drug-likeness (QED) is 0.540. The highest BCUT2D eigenvalue weighted by atomic mass is 16.5. The first-order valence-corrected chi connectivity index (χ1v) is 11.8. The highest BCUT2D eigenvalue weighted by Gasteiger charge is 2.32. The molecule has 2 aromatic rings. The molecule has 2 atom stereocenters. The van der Waals surface area contributed by atoms with Gasteiger partial charge in [-0.15, -0.1) is 0 Å². The van der Waals surface area contributed by atoms with Crippen molar-refractivity contribution in [3.63, 3.8) is 0 Å². The molecule has 2 aliphatic rings. The number of carboxylic acid groups (broad SMARTS) is 1. The van der Waals surface area contributed by atoms with Gasteiger partial charge < -0.3 is 20.5 Å². The van der Waals surface area contributed by atoms with Gasteiger partial charge in [-0.2, -0.15) is 0 Å². The molecule has 0 aromatic heterocycles. The predicted molar refractivity (Wildman–Crippen MR) is 128 cm³/mol. The Kier molecular flexibility index (Phi) is 6.91. The number of carbonyl (C=O) groups is 3. The Hall–Kier alpha value is -3.35. The van der Waals surface area contributed by atoms with E-state index in [1.165, 1.54) is 11.1 Å². The van der Waals surface area contributed by atoms with Crippen molar-refractivity contribution < 1.29 is 24.2 Å². The van der Waals surface area contributed by atoms with E-state index in [1.807, 2.05) is 38.1 Å². The van der Waals surface area contributed by atoms with Gasteiger partial charge in [-0.05, 0) is 46.9 Å². The van der Waals surface area contributed by atoms with Crippen LogP contribution in [0, 0.1) is 11.3 Å². The second kappa shape index (κ2) is 9.87. The molecule has 0 heterocycles. The number of amides is 2. The second-order valence-corrected chi connectivity index (χ2v) is 10.1. The SMILES string of the molecule is CC(C)(CNC(=O)OCC1c2ccccc2-c2ccccc21)CC(=O)N[C@@H]1CC[C@H](C(=O)O)C1. The maximum absolute atomic E-state index is 12.5. The summed E-state index contributed by atoms with van der Waals surface area (Å²) < 4.78 is 5.58. The number of fused-ring (bicyclic) bond motifs is 3. The number of carboxylic acids is 1. The van der Waals surface area contributed by atoms with Crippen LogP contribution in [-0.4, -0.2) is 42.3 Å². The van der Waals surface area contributed by atoms with Gasteiger partial charge in [0, 0.05) is 24.9 Å². The molecule has 2 amide bonds. The highest BCUT2D eigenvalue weighted by molar-refractivity contribution is 5.79. The van der Waals surface area contributed by atoms with E-state index in [9.17, 15) is 14.4 Å². The molecule has 1 fully saturated rings. The molecule has 180 valence electrons. The summed E-state index contributed by atoms with van der Waals surface area (Å²) in [6.07, 6.45) is 1.47. The topological polar surface area (TPSA) is 105 Å². The van der Waals surface area contributed by atoms with E-state index in [-0.39, 0.29) is 36.8 Å². The third kappa shape index (κ3) is 5.41. The molecular formula is C27H32N2O5. The Balaban J connectivity index is 1.25. The summed E-state index contributed by atoms with van der Waals surface area (Å²) in [5.74, 6) is -1.31. The van der Waals surface area contributed by atoms with Crippen molar-refractivity contribution >= 4 is 18.0 Å². The Morgan fingerprint density at radius 2 is 1.62 bits per heavy atom. The van der Waals surface area contributed by atoms with E-state index >= 15 is 0 Å². The lowest BCUT2D eigenvalue weighted by molar-refractivity contribution is -0.141. The minimum Gasteiger partial charge on any atom is -0.481 e. The molecule has 0 bridgehead atoms. The lowest BCUT2D eigenvalue weighted by Gasteiger charge is -2.25. The van der Waals surface area contributed by atoms with Crippen LogP contribution in [0.5, 0.6) is 0 Å². The van der Waals surface area contributed by atoms with Gasteiger partial charge in [-0.3, -0.25) is 9.59 Å². The molecule has 0 spiro atoms. The molecule has 0 saturated heterocycles. The van der Waals surface area contributed by atoms with Crippen molar-refractivity contribution in [3.05, 3.63) is 59.7 Å². The third-order valence-corrected chi connectivity index (χ3v) is 6.84. The fourth-order valence-electron chi connectivity index (χ4n) is 5.07. The molecular weight excluding hydrogens is 432 g/mol. The largest absolute Gasteiger partial charge is 0.481 e. The van der Waals surface area contributed by atoms with E-state index in [1.54, 1.807) is 0 Å². The standard InChI is InChI=1S/C27H32N2O5/c1-27(2,14-24(30)29-18-12-11-17(13-18)25(31)32)16-28-26(33)34-15-23-21-9-5-3-7-19(21)20-8-4-6-10-22(20)23/h3-10,17-18,23H,11-16H2,1-2H3,(H,28,33)(H,29,30)(H,31,32)/t17-,18+/m0/s1. The fourth-order valence-corrected chi connectivity index (χ4v) is 5.07. The van der Waals surface area contributed by atoms with Crippen molar-refractivity contribution in [1.82, 2.24) is 10.6 Å². The molecule has 0 unspecified atom stereocenters. The zero-order chi connectivity index (χ0) is 24.3. The summed E-state index contributed by atoms with van der Waals surface area (Å²) in [7, 11) is 0. The van der Waals surface area contributed by atoms with Gasteiger partial charge in [0.15, 0.2) is 0 Å². The molecule has 3 N–H and O–H groups in total. The summed E-state index contributed by atoms with van der Waals surface area (Å²) in [5.41, 5.74) is 4.20. The summed E-state index contributed by atoms with van der Waals surface area (Å²) in [4.78, 5) is 36.0. The highest BCUT2D eigenvalue weighted by Crippen LogP contribution is 2.44. The maximum atomic E-state index is 12.5. The van der Waals surface area contributed by atoms with Crippen LogP contribution in [0.25, 0.3) is 11.1 Å². The first-order chi connectivity index (χ1) is 16.2. The summed E-state index contributed by atoms with van der Waals surface area (Å²) in [5, 5.41) is 14.9. The number of nitrogens with one attached hydrogen (secondary N) is 2. The summed E-state index contributed by atoms with van der Waals surface area (Å²) >= 11 is 0. The smallest absolute Gasteiger partial charge is 0.407 e. The van der Waals surface area contributed by atoms with Gasteiger partial charge in [0.2, 0.25) is 5.91 Å². The van der Waals surface area contributed by atoms with Crippen molar-refractivity contribution in [3.8, 4) is 11.1 Å². The van der Waals surface area contributed by atoms with Crippen LogP contribution in [-0.2, 0) is 14.3 Å². The van der Waals surface area contributed by atoms with Crippen molar-refractivity contribution in [2.45, 2.75) is 51.5 Å². The van der Waals surface area contributed by atoms with Crippen LogP contribution in [0.1, 0.15) is 56.6 Å². The summed E-state index contributed by atoms with van der Waals surface area (Å²) in [6.45, 7) is 4.35. The molecule has 34 heavy (non-hydrogen) atoms. The first-order valence-electron chi connectivity index (χ1n) is 11.8. The average molecular weight is 465 g/mol. The molecule has 1 saturated carbocycles. The number of hydrogen-bond acceptors (Lipinski definition) is 4. The number of hydrogen-bond donors (Lipinski definition) is 3. The molecule has 2 aliphatic carbocycles. The number of rotatable bonds is 8. The van der Waals surface area contributed by atoms with Gasteiger partial charge >= 0.3 is 12.1 Å². The van der Waals surface area contributed by atoms with Gasteiger partial charge in [-0.1, -0.05) is 62.4 Å². The molecule has 0 radical (unpaired) electrons. The van der Waals surface area contributed by atoms with Gasteiger partial charge in [-0.25, -0.2) is 4.79 Å². The zero-order valence-electron chi connectivity index (χ0n) is 19.7. The normalized spacial score (nSPS) is 19.2. The van der Waals surface area contributed by atoms with Crippen LogP contribution < -0.4 is 10.6 Å². The average Bonchev–Trinajstić information content (AvgIpc) is 3.39. The van der Waals surface area contributed by atoms with Crippen LogP contribution in [0.15, 0.2) is 48.5 Å². The number of ether oxygens (including phenoxy) is 1. The predicted octanol–water partition coefficient (Wildman–Crippen LogP) is 4.31. The Morgan fingerprint density at radius 1 is 1.00 bits per heavy atom. The molecule has 7 heteroatoms. The van der Waals surface area contributed by atoms with E-state index < -0.39 is 17.5 Å². The maximum Gasteiger partial charge on any atom is 0.407 e. The molecule has 4 rings (SSSR count). The Bertz CT molecular complexity index is 1030. The Labute approximate surface area is 199 Å².